The molecular weight excluding hydrogens is 276 g/mol. The third-order valence-corrected chi connectivity index (χ3v) is 3.19. The molecule has 0 saturated carbocycles. The van der Waals surface area contributed by atoms with E-state index in [-0.39, 0.29) is 6.04 Å². The van der Waals surface area contributed by atoms with Gasteiger partial charge in [0, 0.05) is 23.3 Å². The van der Waals surface area contributed by atoms with Crippen molar-refractivity contribution in [2.75, 3.05) is 6.61 Å². The van der Waals surface area contributed by atoms with Crippen LogP contribution in [0.2, 0.25) is 5.02 Å². The van der Waals surface area contributed by atoms with E-state index in [0.29, 0.717) is 11.6 Å². The number of hydrogen-bond donors (Lipinski definition) is 2. The number of aromatic nitrogens is 2. The van der Waals surface area contributed by atoms with E-state index >= 15 is 0 Å². The quantitative estimate of drug-likeness (QED) is 0.608. The molecule has 0 amide bonds. The van der Waals surface area contributed by atoms with Gasteiger partial charge in [0.2, 0.25) is 0 Å². The monoisotopic (exact) mass is 294 g/mol. The van der Waals surface area contributed by atoms with Gasteiger partial charge in [-0.1, -0.05) is 18.5 Å². The minimum absolute atomic E-state index is 0.101. The first-order valence-electron chi connectivity index (χ1n) is 6.59. The molecule has 1 unspecified atom stereocenters. The van der Waals surface area contributed by atoms with E-state index in [0.717, 1.165) is 24.3 Å². The number of hydrazine groups is 1. The number of nitrogens with zero attached hydrogens (tertiary/aromatic N) is 2. The average Bonchev–Trinajstić information content (AvgIpc) is 2.91. The van der Waals surface area contributed by atoms with Crippen LogP contribution in [-0.2, 0) is 6.54 Å². The van der Waals surface area contributed by atoms with Gasteiger partial charge in [0.15, 0.2) is 0 Å². The lowest BCUT2D eigenvalue weighted by molar-refractivity contribution is 0.267. The van der Waals surface area contributed by atoms with Crippen LogP contribution in [0.25, 0.3) is 0 Å². The molecule has 0 aliphatic heterocycles. The molecule has 108 valence electrons. The van der Waals surface area contributed by atoms with E-state index in [1.165, 1.54) is 0 Å². The van der Waals surface area contributed by atoms with E-state index in [2.05, 4.69) is 17.4 Å². The SMILES string of the molecule is CCCn1cc(C(COc2ccc(Cl)cc2)NN)cn1. The average molecular weight is 295 g/mol. The van der Waals surface area contributed by atoms with Crippen molar-refractivity contribution in [2.45, 2.75) is 25.9 Å². The van der Waals surface area contributed by atoms with Gasteiger partial charge >= 0.3 is 0 Å². The summed E-state index contributed by atoms with van der Waals surface area (Å²) in [5.41, 5.74) is 3.76. The first-order valence-corrected chi connectivity index (χ1v) is 6.97. The highest BCUT2D eigenvalue weighted by atomic mass is 35.5. The molecule has 0 aliphatic carbocycles. The first-order chi connectivity index (χ1) is 9.72. The predicted octanol–water partition coefficient (Wildman–Crippen LogP) is 2.53. The summed E-state index contributed by atoms with van der Waals surface area (Å²) in [5, 5.41) is 4.98. The topological polar surface area (TPSA) is 65.1 Å². The highest BCUT2D eigenvalue weighted by Gasteiger charge is 2.13. The predicted molar refractivity (Wildman–Crippen MR) is 79.5 cm³/mol. The van der Waals surface area contributed by atoms with Gasteiger partial charge in [-0.3, -0.25) is 10.5 Å². The maximum Gasteiger partial charge on any atom is 0.119 e. The number of nitrogens with two attached hydrogens (primary N) is 1. The summed E-state index contributed by atoms with van der Waals surface area (Å²) >= 11 is 5.83. The lowest BCUT2D eigenvalue weighted by atomic mass is 10.2. The molecule has 0 fully saturated rings. The van der Waals surface area contributed by atoms with Crippen LogP contribution in [0.1, 0.15) is 24.9 Å². The number of benzene rings is 1. The van der Waals surface area contributed by atoms with Crippen molar-refractivity contribution in [3.8, 4) is 5.75 Å². The van der Waals surface area contributed by atoms with E-state index in [4.69, 9.17) is 22.2 Å². The molecule has 1 aromatic heterocycles. The summed E-state index contributed by atoms with van der Waals surface area (Å²) < 4.78 is 7.60. The lowest BCUT2D eigenvalue weighted by Gasteiger charge is -2.15. The summed E-state index contributed by atoms with van der Waals surface area (Å²) in [4.78, 5) is 0. The maximum atomic E-state index is 5.83. The first kappa shape index (κ1) is 14.8. The van der Waals surface area contributed by atoms with Crippen molar-refractivity contribution in [3.05, 3.63) is 47.2 Å². The van der Waals surface area contributed by atoms with Gasteiger partial charge in [-0.25, -0.2) is 5.43 Å². The van der Waals surface area contributed by atoms with Crippen molar-refractivity contribution < 1.29 is 4.74 Å². The Kier molecular flexibility index (Phi) is 5.40. The van der Waals surface area contributed by atoms with Crippen LogP contribution >= 0.6 is 11.6 Å². The Bertz CT molecular complexity index is 526. The summed E-state index contributed by atoms with van der Waals surface area (Å²) in [6.45, 7) is 3.44. The molecule has 0 aliphatic rings. The molecule has 1 atom stereocenters. The number of hydrogen-bond acceptors (Lipinski definition) is 4. The molecule has 0 spiro atoms. The zero-order valence-electron chi connectivity index (χ0n) is 11.4. The number of aryl methyl sites for hydroxylation is 1. The summed E-state index contributed by atoms with van der Waals surface area (Å²) in [5.74, 6) is 6.35. The van der Waals surface area contributed by atoms with Gasteiger partial charge in [-0.2, -0.15) is 5.10 Å². The Morgan fingerprint density at radius 1 is 1.40 bits per heavy atom. The molecule has 0 saturated heterocycles. The number of ether oxygens (including phenoxy) is 1. The van der Waals surface area contributed by atoms with Crippen LogP contribution in [0.4, 0.5) is 0 Å². The lowest BCUT2D eigenvalue weighted by Crippen LogP contribution is -2.32. The van der Waals surface area contributed by atoms with E-state index in [1.807, 2.05) is 29.2 Å². The van der Waals surface area contributed by atoms with Gasteiger partial charge in [0.25, 0.3) is 0 Å². The van der Waals surface area contributed by atoms with Crippen molar-refractivity contribution in [3.63, 3.8) is 0 Å². The molecule has 1 heterocycles. The van der Waals surface area contributed by atoms with Crippen LogP contribution in [0, 0.1) is 0 Å². The Balaban J connectivity index is 1.95. The Labute approximate surface area is 123 Å². The fourth-order valence-corrected chi connectivity index (χ4v) is 1.99. The third-order valence-electron chi connectivity index (χ3n) is 2.94. The molecule has 20 heavy (non-hydrogen) atoms. The molecule has 1 aromatic carbocycles. The molecule has 5 nitrogen and oxygen atoms in total. The summed E-state index contributed by atoms with van der Waals surface area (Å²) in [6, 6.07) is 7.14. The van der Waals surface area contributed by atoms with Crippen LogP contribution < -0.4 is 16.0 Å². The number of halogens is 1. The fraction of sp³-hybridized carbons (Fsp3) is 0.357. The summed E-state index contributed by atoms with van der Waals surface area (Å²) in [6.07, 6.45) is 4.84. The van der Waals surface area contributed by atoms with Crippen molar-refractivity contribution in [1.29, 1.82) is 0 Å². The minimum Gasteiger partial charge on any atom is -0.492 e. The minimum atomic E-state index is -0.101. The molecule has 2 aromatic rings. The second-order valence-electron chi connectivity index (χ2n) is 4.52. The number of rotatable bonds is 7. The van der Waals surface area contributed by atoms with Crippen LogP contribution in [0.5, 0.6) is 5.75 Å². The van der Waals surface area contributed by atoms with E-state index in [9.17, 15) is 0 Å². The molecule has 6 heteroatoms. The van der Waals surface area contributed by atoms with E-state index in [1.54, 1.807) is 12.1 Å². The van der Waals surface area contributed by atoms with Gasteiger partial charge in [0.1, 0.15) is 12.4 Å². The second kappa shape index (κ2) is 7.28. The van der Waals surface area contributed by atoms with Crippen molar-refractivity contribution >= 4 is 11.6 Å². The third kappa shape index (κ3) is 3.96. The largest absolute Gasteiger partial charge is 0.492 e. The van der Waals surface area contributed by atoms with Crippen molar-refractivity contribution in [1.82, 2.24) is 15.2 Å². The normalized spacial score (nSPS) is 12.3. The summed E-state index contributed by atoms with van der Waals surface area (Å²) in [7, 11) is 0. The highest BCUT2D eigenvalue weighted by Crippen LogP contribution is 2.18. The fourth-order valence-electron chi connectivity index (χ4n) is 1.86. The van der Waals surface area contributed by atoms with Crippen LogP contribution in [0.15, 0.2) is 36.7 Å². The zero-order chi connectivity index (χ0) is 14.4. The van der Waals surface area contributed by atoms with Crippen LogP contribution in [0.3, 0.4) is 0 Å². The Hall–Kier alpha value is -1.56. The van der Waals surface area contributed by atoms with E-state index < -0.39 is 0 Å². The van der Waals surface area contributed by atoms with Gasteiger partial charge in [-0.15, -0.1) is 0 Å². The Morgan fingerprint density at radius 3 is 2.80 bits per heavy atom. The standard InChI is InChI=1S/C14H19ClN4O/c1-2-7-19-9-11(8-17-19)14(18-16)10-20-13-5-3-12(15)4-6-13/h3-6,8-9,14,18H,2,7,10,16H2,1H3. The number of nitrogens with one attached hydrogen (secondary N) is 1. The van der Waals surface area contributed by atoms with Crippen molar-refractivity contribution in [2.24, 2.45) is 5.84 Å². The van der Waals surface area contributed by atoms with Gasteiger partial charge in [-0.05, 0) is 30.7 Å². The van der Waals surface area contributed by atoms with Crippen LogP contribution in [-0.4, -0.2) is 16.4 Å². The zero-order valence-corrected chi connectivity index (χ0v) is 12.2. The smallest absolute Gasteiger partial charge is 0.119 e. The van der Waals surface area contributed by atoms with Gasteiger partial charge < -0.3 is 4.74 Å². The Morgan fingerprint density at radius 2 is 2.15 bits per heavy atom. The highest BCUT2D eigenvalue weighted by molar-refractivity contribution is 6.30. The molecule has 2 rings (SSSR count). The van der Waals surface area contributed by atoms with Gasteiger partial charge in [0.05, 0.1) is 12.2 Å². The maximum absolute atomic E-state index is 5.83. The molecule has 0 bridgehead atoms. The molecule has 0 radical (unpaired) electrons. The molecule has 3 N–H and O–H groups in total. The second-order valence-corrected chi connectivity index (χ2v) is 4.96. The molecular formula is C14H19ClN4O.